The Labute approximate surface area is 126 Å². The third kappa shape index (κ3) is 5.27. The Kier molecular flexibility index (Phi) is 6.35. The van der Waals surface area contributed by atoms with Gasteiger partial charge in [-0.1, -0.05) is 37.3 Å². The summed E-state index contributed by atoms with van der Waals surface area (Å²) < 4.78 is 13.0. The number of halogens is 1. The molecule has 0 bridgehead atoms. The number of hydrogen-bond acceptors (Lipinski definition) is 2. The first-order chi connectivity index (χ1) is 10.3. The van der Waals surface area contributed by atoms with E-state index in [1.54, 1.807) is 6.07 Å². The van der Waals surface area contributed by atoms with Gasteiger partial charge in [-0.3, -0.25) is 4.98 Å². The molecule has 1 heterocycles. The minimum Gasteiger partial charge on any atom is -0.309 e. The number of aromatic nitrogens is 1. The number of rotatable bonds is 8. The molecule has 2 aromatic rings. The molecule has 1 aromatic heterocycles. The molecule has 21 heavy (non-hydrogen) atoms. The first-order valence-corrected chi connectivity index (χ1v) is 7.68. The molecule has 1 atom stereocenters. The van der Waals surface area contributed by atoms with E-state index in [-0.39, 0.29) is 11.9 Å². The van der Waals surface area contributed by atoms with Crippen LogP contribution in [0.5, 0.6) is 0 Å². The second-order valence-electron chi connectivity index (χ2n) is 5.29. The molecular formula is C18H23FN2. The molecule has 0 aliphatic heterocycles. The minimum atomic E-state index is -0.280. The SMILES string of the molecule is CCCNC(CCCc1ccccc1)c1ccc(F)cn1. The highest BCUT2D eigenvalue weighted by molar-refractivity contribution is 5.15. The maximum atomic E-state index is 13.0. The van der Waals surface area contributed by atoms with Gasteiger partial charge in [-0.05, 0) is 49.9 Å². The van der Waals surface area contributed by atoms with Crippen molar-refractivity contribution in [1.29, 1.82) is 0 Å². The van der Waals surface area contributed by atoms with Crippen LogP contribution in [0.25, 0.3) is 0 Å². The van der Waals surface area contributed by atoms with Gasteiger partial charge in [0.2, 0.25) is 0 Å². The van der Waals surface area contributed by atoms with E-state index in [1.165, 1.54) is 17.8 Å². The standard InChI is InChI=1S/C18H23FN2/c1-2-13-20-17(18-12-11-16(19)14-21-18)10-6-9-15-7-4-3-5-8-15/h3-5,7-8,11-12,14,17,20H,2,6,9-10,13H2,1H3. The lowest BCUT2D eigenvalue weighted by molar-refractivity contribution is 0.472. The van der Waals surface area contributed by atoms with E-state index in [4.69, 9.17) is 0 Å². The molecule has 0 fully saturated rings. The second kappa shape index (κ2) is 8.53. The fraction of sp³-hybridized carbons (Fsp3) is 0.389. The van der Waals surface area contributed by atoms with Crippen molar-refractivity contribution in [3.63, 3.8) is 0 Å². The molecule has 0 spiro atoms. The normalized spacial score (nSPS) is 12.3. The summed E-state index contributed by atoms with van der Waals surface area (Å²) in [6, 6.07) is 14.0. The Morgan fingerprint density at radius 3 is 2.62 bits per heavy atom. The van der Waals surface area contributed by atoms with Crippen molar-refractivity contribution in [2.24, 2.45) is 0 Å². The van der Waals surface area contributed by atoms with Crippen LogP contribution in [0.3, 0.4) is 0 Å². The van der Waals surface area contributed by atoms with Crippen LogP contribution < -0.4 is 5.32 Å². The van der Waals surface area contributed by atoms with Gasteiger partial charge in [-0.25, -0.2) is 4.39 Å². The number of aryl methyl sites for hydroxylation is 1. The van der Waals surface area contributed by atoms with E-state index in [9.17, 15) is 4.39 Å². The van der Waals surface area contributed by atoms with Gasteiger partial charge in [-0.15, -0.1) is 0 Å². The zero-order valence-electron chi connectivity index (χ0n) is 12.6. The molecule has 1 aromatic carbocycles. The van der Waals surface area contributed by atoms with Crippen molar-refractivity contribution < 1.29 is 4.39 Å². The maximum Gasteiger partial charge on any atom is 0.141 e. The lowest BCUT2D eigenvalue weighted by Crippen LogP contribution is -2.23. The van der Waals surface area contributed by atoms with Gasteiger partial charge in [0.1, 0.15) is 5.82 Å². The second-order valence-corrected chi connectivity index (χ2v) is 5.29. The molecule has 0 aliphatic rings. The van der Waals surface area contributed by atoms with Crippen LogP contribution in [-0.4, -0.2) is 11.5 Å². The van der Waals surface area contributed by atoms with Crippen LogP contribution in [0, 0.1) is 5.82 Å². The van der Waals surface area contributed by atoms with Crippen LogP contribution in [0.15, 0.2) is 48.7 Å². The number of nitrogens with zero attached hydrogens (tertiary/aromatic N) is 1. The van der Waals surface area contributed by atoms with Gasteiger partial charge in [0.05, 0.1) is 11.9 Å². The summed E-state index contributed by atoms with van der Waals surface area (Å²) in [6.07, 6.45) is 5.54. The van der Waals surface area contributed by atoms with Crippen LogP contribution in [0.2, 0.25) is 0 Å². The molecule has 1 unspecified atom stereocenters. The summed E-state index contributed by atoms with van der Waals surface area (Å²) in [6.45, 7) is 3.10. The topological polar surface area (TPSA) is 24.9 Å². The van der Waals surface area contributed by atoms with Gasteiger partial charge >= 0.3 is 0 Å². The summed E-state index contributed by atoms with van der Waals surface area (Å²) in [5.41, 5.74) is 2.29. The number of pyridine rings is 1. The van der Waals surface area contributed by atoms with Gasteiger partial charge in [0, 0.05) is 6.04 Å². The van der Waals surface area contributed by atoms with E-state index in [0.717, 1.165) is 37.9 Å². The van der Waals surface area contributed by atoms with E-state index < -0.39 is 0 Å². The van der Waals surface area contributed by atoms with Crippen LogP contribution >= 0.6 is 0 Å². The van der Waals surface area contributed by atoms with Crippen LogP contribution in [-0.2, 0) is 6.42 Å². The van der Waals surface area contributed by atoms with Crippen molar-refractivity contribution in [2.45, 2.75) is 38.6 Å². The van der Waals surface area contributed by atoms with Crippen molar-refractivity contribution >= 4 is 0 Å². The molecule has 2 rings (SSSR count). The fourth-order valence-electron chi connectivity index (χ4n) is 2.42. The third-order valence-electron chi connectivity index (χ3n) is 3.55. The first-order valence-electron chi connectivity index (χ1n) is 7.68. The number of nitrogens with one attached hydrogen (secondary N) is 1. The number of benzene rings is 1. The monoisotopic (exact) mass is 286 g/mol. The first kappa shape index (κ1) is 15.6. The van der Waals surface area contributed by atoms with Gasteiger partial charge < -0.3 is 5.32 Å². The Morgan fingerprint density at radius 1 is 1.14 bits per heavy atom. The highest BCUT2D eigenvalue weighted by Gasteiger charge is 2.12. The zero-order chi connectivity index (χ0) is 14.9. The Hall–Kier alpha value is -1.74. The lowest BCUT2D eigenvalue weighted by Gasteiger charge is -2.18. The number of hydrogen-bond donors (Lipinski definition) is 1. The molecule has 0 saturated carbocycles. The van der Waals surface area contributed by atoms with E-state index in [1.807, 2.05) is 6.07 Å². The fourth-order valence-corrected chi connectivity index (χ4v) is 2.42. The van der Waals surface area contributed by atoms with Crippen molar-refractivity contribution in [2.75, 3.05) is 6.54 Å². The quantitative estimate of drug-likeness (QED) is 0.783. The lowest BCUT2D eigenvalue weighted by atomic mass is 10.0. The van der Waals surface area contributed by atoms with E-state index in [0.29, 0.717) is 0 Å². The van der Waals surface area contributed by atoms with Crippen LogP contribution in [0.4, 0.5) is 4.39 Å². The highest BCUT2D eigenvalue weighted by Crippen LogP contribution is 2.18. The average Bonchev–Trinajstić information content (AvgIpc) is 2.53. The minimum absolute atomic E-state index is 0.203. The highest BCUT2D eigenvalue weighted by atomic mass is 19.1. The molecule has 0 saturated heterocycles. The molecule has 0 amide bonds. The molecule has 3 heteroatoms. The van der Waals surface area contributed by atoms with Crippen molar-refractivity contribution in [1.82, 2.24) is 10.3 Å². The summed E-state index contributed by atoms with van der Waals surface area (Å²) in [7, 11) is 0. The Morgan fingerprint density at radius 2 is 1.95 bits per heavy atom. The zero-order valence-corrected chi connectivity index (χ0v) is 12.6. The summed E-state index contributed by atoms with van der Waals surface area (Å²) in [5, 5.41) is 3.51. The predicted molar refractivity (Wildman–Crippen MR) is 84.6 cm³/mol. The van der Waals surface area contributed by atoms with Gasteiger partial charge in [-0.2, -0.15) is 0 Å². The average molecular weight is 286 g/mol. The third-order valence-corrected chi connectivity index (χ3v) is 3.55. The smallest absolute Gasteiger partial charge is 0.141 e. The summed E-state index contributed by atoms with van der Waals surface area (Å²) in [5.74, 6) is -0.280. The largest absolute Gasteiger partial charge is 0.309 e. The van der Waals surface area contributed by atoms with Crippen molar-refractivity contribution in [3.8, 4) is 0 Å². The van der Waals surface area contributed by atoms with Gasteiger partial charge in [0.25, 0.3) is 0 Å². The summed E-state index contributed by atoms with van der Waals surface area (Å²) >= 11 is 0. The van der Waals surface area contributed by atoms with E-state index in [2.05, 4.69) is 41.5 Å². The predicted octanol–water partition coefficient (Wildman–Crippen LogP) is 4.28. The molecular weight excluding hydrogens is 263 g/mol. The molecule has 1 N–H and O–H groups in total. The molecule has 2 nitrogen and oxygen atoms in total. The Balaban J connectivity index is 1.91. The molecule has 112 valence electrons. The Bertz CT molecular complexity index is 511. The molecule has 0 aliphatic carbocycles. The summed E-state index contributed by atoms with van der Waals surface area (Å²) in [4.78, 5) is 4.22. The maximum absolute atomic E-state index is 13.0. The van der Waals surface area contributed by atoms with Crippen LogP contribution in [0.1, 0.15) is 43.5 Å². The van der Waals surface area contributed by atoms with E-state index >= 15 is 0 Å². The molecule has 0 radical (unpaired) electrons. The van der Waals surface area contributed by atoms with Gasteiger partial charge in [0.15, 0.2) is 0 Å². The van der Waals surface area contributed by atoms with Crippen molar-refractivity contribution in [3.05, 3.63) is 65.7 Å².